The van der Waals surface area contributed by atoms with Crippen LogP contribution in [-0.2, 0) is 0 Å². The van der Waals surface area contributed by atoms with Crippen LogP contribution in [0.25, 0.3) is 0 Å². The summed E-state index contributed by atoms with van der Waals surface area (Å²) in [5, 5.41) is 0. The first kappa shape index (κ1) is 7.78. The first-order valence-electron chi connectivity index (χ1n) is 2.83. The Morgan fingerprint density at radius 3 is 2.60 bits per heavy atom. The van der Waals surface area contributed by atoms with Gasteiger partial charge in [-0.05, 0) is 41.6 Å². The summed E-state index contributed by atoms with van der Waals surface area (Å²) in [4.78, 5) is 0. The van der Waals surface area contributed by atoms with Gasteiger partial charge in [-0.2, -0.15) is 0 Å². The minimum absolute atomic E-state index is 0.196. The maximum absolute atomic E-state index is 12.7. The van der Waals surface area contributed by atoms with Crippen molar-refractivity contribution in [3.63, 3.8) is 0 Å². The third-order valence-corrected chi connectivity index (χ3v) is 2.78. The number of nitrogen functional groups attached to an aromatic ring is 1. The van der Waals surface area contributed by atoms with E-state index in [4.69, 9.17) is 5.73 Å². The van der Waals surface area contributed by atoms with E-state index < -0.39 is 0 Å². The molecule has 0 atom stereocenters. The average molecular weight is 251 g/mol. The molecular weight excluding hydrogens is 244 g/mol. The van der Waals surface area contributed by atoms with E-state index in [1.54, 1.807) is 13.0 Å². The van der Waals surface area contributed by atoms with Crippen LogP contribution in [0.3, 0.4) is 0 Å². The van der Waals surface area contributed by atoms with E-state index in [2.05, 4.69) is 0 Å². The summed E-state index contributed by atoms with van der Waals surface area (Å²) >= 11 is 2.03. The largest absolute Gasteiger partial charge is 0.398 e. The average Bonchev–Trinajstić information content (AvgIpc) is 1.93. The molecule has 0 saturated carbocycles. The molecule has 0 aromatic heterocycles. The van der Waals surface area contributed by atoms with Gasteiger partial charge in [-0.1, -0.05) is 0 Å². The topological polar surface area (TPSA) is 26.0 Å². The number of halogens is 2. The second kappa shape index (κ2) is 2.74. The third-order valence-electron chi connectivity index (χ3n) is 1.35. The normalized spacial score (nSPS) is 9.90. The van der Waals surface area contributed by atoms with Crippen LogP contribution < -0.4 is 5.73 Å². The van der Waals surface area contributed by atoms with Gasteiger partial charge in [-0.15, -0.1) is 0 Å². The summed E-state index contributed by atoms with van der Waals surface area (Å²) in [5.41, 5.74) is 6.78. The van der Waals surface area contributed by atoms with Crippen LogP contribution in [0.2, 0.25) is 0 Å². The number of benzene rings is 1. The highest BCUT2D eigenvalue weighted by atomic mass is 127. The summed E-state index contributed by atoms with van der Waals surface area (Å²) in [5.74, 6) is -0.196. The van der Waals surface area contributed by atoms with E-state index in [1.807, 2.05) is 22.6 Å². The summed E-state index contributed by atoms with van der Waals surface area (Å²) in [6, 6.07) is 2.96. The predicted molar refractivity (Wildman–Crippen MR) is 48.3 cm³/mol. The van der Waals surface area contributed by atoms with Gasteiger partial charge in [0, 0.05) is 14.8 Å². The number of rotatable bonds is 0. The van der Waals surface area contributed by atoms with E-state index in [1.165, 1.54) is 6.07 Å². The first-order valence-corrected chi connectivity index (χ1v) is 3.91. The highest BCUT2D eigenvalue weighted by Gasteiger charge is 2.02. The molecule has 0 radical (unpaired) electrons. The number of nitrogens with two attached hydrogens (primary N) is 1. The summed E-state index contributed by atoms with van der Waals surface area (Å²) in [6.07, 6.45) is 0. The van der Waals surface area contributed by atoms with Gasteiger partial charge in [0.1, 0.15) is 5.82 Å². The van der Waals surface area contributed by atoms with Crippen molar-refractivity contribution >= 4 is 28.3 Å². The Morgan fingerprint density at radius 1 is 1.50 bits per heavy atom. The lowest BCUT2D eigenvalue weighted by molar-refractivity contribution is 0.617. The summed E-state index contributed by atoms with van der Waals surface area (Å²) < 4.78 is 13.5. The molecule has 0 bridgehead atoms. The highest BCUT2D eigenvalue weighted by Crippen LogP contribution is 2.20. The Balaban J connectivity index is 3.34. The van der Waals surface area contributed by atoms with Crippen LogP contribution in [0.5, 0.6) is 0 Å². The van der Waals surface area contributed by atoms with Gasteiger partial charge in [0.15, 0.2) is 0 Å². The minimum atomic E-state index is -0.196. The first-order chi connectivity index (χ1) is 4.63. The van der Waals surface area contributed by atoms with Gasteiger partial charge >= 0.3 is 0 Å². The quantitative estimate of drug-likeness (QED) is 0.555. The second-order valence-electron chi connectivity index (χ2n) is 2.08. The SMILES string of the molecule is Cc1c(F)ccc(N)c1I. The lowest BCUT2D eigenvalue weighted by Gasteiger charge is -2.01. The number of hydrogen-bond acceptors (Lipinski definition) is 1. The fourth-order valence-corrected chi connectivity index (χ4v) is 1.12. The Kier molecular flexibility index (Phi) is 2.13. The molecule has 1 aromatic carbocycles. The molecule has 1 aromatic rings. The fraction of sp³-hybridized carbons (Fsp3) is 0.143. The molecule has 1 nitrogen and oxygen atoms in total. The molecule has 3 heteroatoms. The van der Waals surface area contributed by atoms with E-state index in [0.29, 0.717) is 11.3 Å². The van der Waals surface area contributed by atoms with Crippen LogP contribution >= 0.6 is 22.6 Å². The van der Waals surface area contributed by atoms with Gasteiger partial charge in [0.2, 0.25) is 0 Å². The van der Waals surface area contributed by atoms with Crippen molar-refractivity contribution in [1.82, 2.24) is 0 Å². The monoisotopic (exact) mass is 251 g/mol. The maximum Gasteiger partial charge on any atom is 0.127 e. The van der Waals surface area contributed by atoms with E-state index in [-0.39, 0.29) is 5.82 Å². The standard InChI is InChI=1S/C7H7FIN/c1-4-5(8)2-3-6(10)7(4)9/h2-3H,10H2,1H3. The van der Waals surface area contributed by atoms with E-state index in [0.717, 1.165) is 3.57 Å². The Bertz CT molecular complexity index is 233. The van der Waals surface area contributed by atoms with Gasteiger partial charge in [-0.3, -0.25) is 0 Å². The lowest BCUT2D eigenvalue weighted by atomic mass is 10.2. The fourth-order valence-electron chi connectivity index (χ4n) is 0.682. The van der Waals surface area contributed by atoms with Gasteiger partial charge in [-0.25, -0.2) is 4.39 Å². The molecule has 0 spiro atoms. The van der Waals surface area contributed by atoms with Crippen LogP contribution in [-0.4, -0.2) is 0 Å². The molecule has 0 saturated heterocycles. The molecule has 2 N–H and O–H groups in total. The van der Waals surface area contributed by atoms with Gasteiger partial charge in [0.25, 0.3) is 0 Å². The van der Waals surface area contributed by atoms with Crippen molar-refractivity contribution in [2.45, 2.75) is 6.92 Å². The van der Waals surface area contributed by atoms with Crippen molar-refractivity contribution in [2.75, 3.05) is 5.73 Å². The lowest BCUT2D eigenvalue weighted by Crippen LogP contribution is -1.94. The van der Waals surface area contributed by atoms with Crippen molar-refractivity contribution in [1.29, 1.82) is 0 Å². The Morgan fingerprint density at radius 2 is 2.10 bits per heavy atom. The van der Waals surface area contributed by atoms with Crippen molar-refractivity contribution in [3.05, 3.63) is 27.1 Å². The van der Waals surface area contributed by atoms with Crippen LogP contribution in [0, 0.1) is 16.3 Å². The van der Waals surface area contributed by atoms with Gasteiger partial charge < -0.3 is 5.73 Å². The zero-order valence-corrected chi connectivity index (χ0v) is 7.65. The Labute approximate surface area is 72.6 Å². The van der Waals surface area contributed by atoms with E-state index in [9.17, 15) is 4.39 Å². The van der Waals surface area contributed by atoms with Crippen molar-refractivity contribution in [2.24, 2.45) is 0 Å². The van der Waals surface area contributed by atoms with Crippen LogP contribution in [0.1, 0.15) is 5.56 Å². The molecule has 0 heterocycles. The molecule has 0 aliphatic carbocycles. The molecule has 0 unspecified atom stereocenters. The van der Waals surface area contributed by atoms with Crippen molar-refractivity contribution < 1.29 is 4.39 Å². The van der Waals surface area contributed by atoms with Crippen molar-refractivity contribution in [3.8, 4) is 0 Å². The van der Waals surface area contributed by atoms with Crippen LogP contribution in [0.15, 0.2) is 12.1 Å². The van der Waals surface area contributed by atoms with Crippen LogP contribution in [0.4, 0.5) is 10.1 Å². The zero-order valence-electron chi connectivity index (χ0n) is 5.49. The highest BCUT2D eigenvalue weighted by molar-refractivity contribution is 14.1. The molecule has 1 rings (SSSR count). The molecule has 0 aliphatic heterocycles. The Hall–Kier alpha value is -0.320. The molecule has 0 fully saturated rings. The minimum Gasteiger partial charge on any atom is -0.398 e. The zero-order chi connectivity index (χ0) is 7.72. The third kappa shape index (κ3) is 1.23. The second-order valence-corrected chi connectivity index (χ2v) is 3.15. The molecule has 0 amide bonds. The number of hydrogen-bond donors (Lipinski definition) is 1. The molecule has 10 heavy (non-hydrogen) atoms. The summed E-state index contributed by atoms with van der Waals surface area (Å²) in [6.45, 7) is 1.72. The smallest absolute Gasteiger partial charge is 0.127 e. The maximum atomic E-state index is 12.7. The predicted octanol–water partition coefficient (Wildman–Crippen LogP) is 2.32. The molecule has 0 aliphatic rings. The molecule has 54 valence electrons. The summed E-state index contributed by atoms with van der Waals surface area (Å²) in [7, 11) is 0. The van der Waals surface area contributed by atoms with Gasteiger partial charge in [0.05, 0.1) is 0 Å². The number of anilines is 1. The van der Waals surface area contributed by atoms with E-state index >= 15 is 0 Å². The molecular formula is C7H7FIN.